The maximum absolute atomic E-state index is 11.9. The van der Waals surface area contributed by atoms with E-state index in [9.17, 15) is 9.59 Å². The van der Waals surface area contributed by atoms with Crippen LogP contribution in [0.25, 0.3) is 0 Å². The second-order valence-electron chi connectivity index (χ2n) is 6.48. The number of amides is 1. The summed E-state index contributed by atoms with van der Waals surface area (Å²) >= 11 is 0. The van der Waals surface area contributed by atoms with Crippen LogP contribution in [0.2, 0.25) is 0 Å². The van der Waals surface area contributed by atoms with Crippen molar-refractivity contribution < 1.29 is 14.3 Å². The highest BCUT2D eigenvalue weighted by Crippen LogP contribution is 2.35. The summed E-state index contributed by atoms with van der Waals surface area (Å²) < 4.78 is 5.36. The maximum Gasteiger partial charge on any atom is 0.410 e. The molecule has 0 atom stereocenters. The first kappa shape index (κ1) is 15.0. The molecule has 4 nitrogen and oxygen atoms in total. The average molecular weight is 255 g/mol. The topological polar surface area (TPSA) is 46.6 Å². The number of piperidine rings is 1. The van der Waals surface area contributed by atoms with Crippen molar-refractivity contribution in [3.63, 3.8) is 0 Å². The third kappa shape index (κ3) is 4.67. The van der Waals surface area contributed by atoms with E-state index in [1.165, 1.54) is 0 Å². The van der Waals surface area contributed by atoms with Gasteiger partial charge in [-0.05, 0) is 45.4 Å². The summed E-state index contributed by atoms with van der Waals surface area (Å²) in [6, 6.07) is 0. The number of rotatable bonds is 3. The van der Waals surface area contributed by atoms with Gasteiger partial charge in [-0.15, -0.1) is 0 Å². The number of hydrogen-bond acceptors (Lipinski definition) is 3. The van der Waals surface area contributed by atoms with E-state index in [0.29, 0.717) is 6.42 Å². The molecule has 18 heavy (non-hydrogen) atoms. The van der Waals surface area contributed by atoms with E-state index in [-0.39, 0.29) is 11.5 Å². The van der Waals surface area contributed by atoms with Crippen LogP contribution in [0, 0.1) is 5.41 Å². The molecule has 1 saturated heterocycles. The van der Waals surface area contributed by atoms with Crippen LogP contribution < -0.4 is 0 Å². The van der Waals surface area contributed by atoms with Gasteiger partial charge in [0.1, 0.15) is 11.9 Å². The molecule has 1 amide bonds. The number of hydrogen-bond donors (Lipinski definition) is 0. The summed E-state index contributed by atoms with van der Waals surface area (Å²) in [5, 5.41) is 0. The van der Waals surface area contributed by atoms with Gasteiger partial charge in [-0.25, -0.2) is 4.79 Å². The van der Waals surface area contributed by atoms with Crippen molar-refractivity contribution in [1.82, 2.24) is 4.90 Å². The molecular formula is C14H25NO3. The van der Waals surface area contributed by atoms with E-state index in [4.69, 9.17) is 4.74 Å². The average Bonchev–Trinajstić information content (AvgIpc) is 2.25. The van der Waals surface area contributed by atoms with E-state index >= 15 is 0 Å². The molecule has 0 bridgehead atoms. The van der Waals surface area contributed by atoms with Crippen molar-refractivity contribution >= 4 is 12.4 Å². The molecule has 0 radical (unpaired) electrons. The third-order valence-electron chi connectivity index (χ3n) is 3.49. The van der Waals surface area contributed by atoms with Gasteiger partial charge in [0.15, 0.2) is 0 Å². The number of aldehydes is 1. The molecule has 1 heterocycles. The number of carbonyl (C=O) groups excluding carboxylic acids is 2. The Balaban J connectivity index is 2.43. The van der Waals surface area contributed by atoms with E-state index < -0.39 is 5.60 Å². The predicted octanol–water partition coefficient (Wildman–Crippen LogP) is 3.00. The van der Waals surface area contributed by atoms with Crippen LogP contribution in [0.5, 0.6) is 0 Å². The fraction of sp³-hybridized carbons (Fsp3) is 0.857. The van der Waals surface area contributed by atoms with Gasteiger partial charge < -0.3 is 14.4 Å². The van der Waals surface area contributed by atoms with Crippen molar-refractivity contribution in [2.75, 3.05) is 13.1 Å². The zero-order valence-electron chi connectivity index (χ0n) is 12.0. The first-order valence-electron chi connectivity index (χ1n) is 6.67. The molecule has 0 aliphatic carbocycles. The first-order chi connectivity index (χ1) is 8.26. The minimum Gasteiger partial charge on any atom is -0.444 e. The van der Waals surface area contributed by atoms with Gasteiger partial charge in [-0.1, -0.05) is 6.92 Å². The number of nitrogens with zero attached hydrogens (tertiary/aromatic N) is 1. The van der Waals surface area contributed by atoms with Gasteiger partial charge in [-0.3, -0.25) is 0 Å². The van der Waals surface area contributed by atoms with E-state index in [1.807, 2.05) is 20.8 Å². The van der Waals surface area contributed by atoms with Crippen molar-refractivity contribution in [3.8, 4) is 0 Å². The van der Waals surface area contributed by atoms with Crippen LogP contribution in [0.4, 0.5) is 4.79 Å². The Kier molecular flexibility index (Phi) is 4.77. The molecule has 1 rings (SSSR count). The SMILES string of the molecule is CC1(CCC=O)CCN(C(=O)OC(C)(C)C)CC1. The van der Waals surface area contributed by atoms with E-state index in [0.717, 1.165) is 38.6 Å². The van der Waals surface area contributed by atoms with Crippen molar-refractivity contribution in [1.29, 1.82) is 0 Å². The van der Waals surface area contributed by atoms with E-state index in [1.54, 1.807) is 4.90 Å². The Hall–Kier alpha value is -1.06. The van der Waals surface area contributed by atoms with Crippen LogP contribution in [0.1, 0.15) is 53.4 Å². The largest absolute Gasteiger partial charge is 0.444 e. The molecule has 104 valence electrons. The van der Waals surface area contributed by atoms with Crippen molar-refractivity contribution in [2.45, 2.75) is 59.0 Å². The normalized spacial score (nSPS) is 19.4. The fourth-order valence-electron chi connectivity index (χ4n) is 2.21. The highest BCUT2D eigenvalue weighted by atomic mass is 16.6. The van der Waals surface area contributed by atoms with Gasteiger partial charge in [0.2, 0.25) is 0 Å². The molecule has 1 aliphatic rings. The molecule has 1 aliphatic heterocycles. The third-order valence-corrected chi connectivity index (χ3v) is 3.49. The van der Waals surface area contributed by atoms with Crippen LogP contribution >= 0.6 is 0 Å². The Bertz CT molecular complexity index is 299. The van der Waals surface area contributed by atoms with Crippen molar-refractivity contribution in [3.05, 3.63) is 0 Å². The number of carbonyl (C=O) groups is 2. The quantitative estimate of drug-likeness (QED) is 0.728. The Morgan fingerprint density at radius 3 is 2.33 bits per heavy atom. The van der Waals surface area contributed by atoms with E-state index in [2.05, 4.69) is 6.92 Å². The van der Waals surface area contributed by atoms with Crippen LogP contribution in [0.15, 0.2) is 0 Å². The lowest BCUT2D eigenvalue weighted by Crippen LogP contribution is -2.44. The lowest BCUT2D eigenvalue weighted by Gasteiger charge is -2.39. The molecule has 0 aromatic rings. The summed E-state index contributed by atoms with van der Waals surface area (Å²) in [6.45, 7) is 9.28. The van der Waals surface area contributed by atoms with Gasteiger partial charge in [0.05, 0.1) is 0 Å². The molecule has 0 aromatic carbocycles. The molecule has 0 N–H and O–H groups in total. The molecule has 0 unspecified atom stereocenters. The zero-order valence-corrected chi connectivity index (χ0v) is 12.0. The Morgan fingerprint density at radius 1 is 1.33 bits per heavy atom. The fourth-order valence-corrected chi connectivity index (χ4v) is 2.21. The van der Waals surface area contributed by atoms with Gasteiger partial charge >= 0.3 is 6.09 Å². The maximum atomic E-state index is 11.9. The summed E-state index contributed by atoms with van der Waals surface area (Å²) in [7, 11) is 0. The zero-order chi connectivity index (χ0) is 13.8. The molecule has 4 heteroatoms. The number of likely N-dealkylation sites (tertiary alicyclic amines) is 1. The smallest absolute Gasteiger partial charge is 0.410 e. The van der Waals surface area contributed by atoms with Crippen LogP contribution in [-0.2, 0) is 9.53 Å². The summed E-state index contributed by atoms with van der Waals surface area (Å²) in [6.07, 6.45) is 4.17. The second-order valence-corrected chi connectivity index (χ2v) is 6.48. The molecule has 0 saturated carbocycles. The first-order valence-corrected chi connectivity index (χ1v) is 6.67. The van der Waals surface area contributed by atoms with Gasteiger partial charge in [-0.2, -0.15) is 0 Å². The lowest BCUT2D eigenvalue weighted by molar-refractivity contribution is -0.108. The predicted molar refractivity (Wildman–Crippen MR) is 70.4 cm³/mol. The van der Waals surface area contributed by atoms with Crippen LogP contribution in [-0.4, -0.2) is 36.0 Å². The highest BCUT2D eigenvalue weighted by Gasteiger charge is 2.33. The molecule has 0 spiro atoms. The minimum absolute atomic E-state index is 0.194. The second kappa shape index (κ2) is 5.72. The molecular weight excluding hydrogens is 230 g/mol. The minimum atomic E-state index is -0.435. The lowest BCUT2D eigenvalue weighted by atomic mass is 9.77. The van der Waals surface area contributed by atoms with Gasteiger partial charge in [0.25, 0.3) is 0 Å². The Morgan fingerprint density at radius 2 is 1.89 bits per heavy atom. The molecule has 1 fully saturated rings. The molecule has 0 aromatic heterocycles. The summed E-state index contributed by atoms with van der Waals surface area (Å²) in [5.41, 5.74) is -0.241. The highest BCUT2D eigenvalue weighted by molar-refractivity contribution is 5.68. The van der Waals surface area contributed by atoms with Crippen molar-refractivity contribution in [2.24, 2.45) is 5.41 Å². The summed E-state index contributed by atoms with van der Waals surface area (Å²) in [5.74, 6) is 0. The Labute approximate surface area is 110 Å². The summed E-state index contributed by atoms with van der Waals surface area (Å²) in [4.78, 5) is 24.1. The van der Waals surface area contributed by atoms with Gasteiger partial charge in [0, 0.05) is 19.5 Å². The monoisotopic (exact) mass is 255 g/mol. The van der Waals surface area contributed by atoms with Crippen LogP contribution in [0.3, 0.4) is 0 Å². The standard InChI is InChI=1S/C14H25NO3/c1-13(2,3)18-12(17)15-9-7-14(4,8-10-15)6-5-11-16/h11H,5-10H2,1-4H3. The number of ether oxygens (including phenoxy) is 1.